The van der Waals surface area contributed by atoms with E-state index in [0.29, 0.717) is 0 Å². The Labute approximate surface area is 116 Å². The van der Waals surface area contributed by atoms with Gasteiger partial charge in [-0.25, -0.2) is 0 Å². The predicted molar refractivity (Wildman–Crippen MR) is 78.8 cm³/mol. The molecule has 108 valence electrons. The molecule has 1 aromatic heterocycles. The zero-order valence-corrected chi connectivity index (χ0v) is 12.2. The molecular formula is C15H27N3O. The molecule has 0 radical (unpaired) electrons. The van der Waals surface area contributed by atoms with Gasteiger partial charge >= 0.3 is 0 Å². The van der Waals surface area contributed by atoms with Crippen LogP contribution in [0.5, 0.6) is 5.75 Å². The number of ether oxygens (including phenoxy) is 1. The molecule has 0 aliphatic carbocycles. The molecule has 4 heteroatoms. The maximum Gasteiger partial charge on any atom is 0.141 e. The molecule has 0 amide bonds. The zero-order chi connectivity index (χ0) is 13.9. The molecule has 0 fully saturated rings. The van der Waals surface area contributed by atoms with Gasteiger partial charge < -0.3 is 4.74 Å². The number of hydrazine groups is 1. The highest BCUT2D eigenvalue weighted by Crippen LogP contribution is 2.27. The van der Waals surface area contributed by atoms with E-state index in [4.69, 9.17) is 10.6 Å². The molecule has 0 aromatic carbocycles. The summed E-state index contributed by atoms with van der Waals surface area (Å²) < 4.78 is 5.33. The lowest BCUT2D eigenvalue weighted by Gasteiger charge is -2.18. The number of pyridine rings is 1. The second-order valence-corrected chi connectivity index (χ2v) is 4.89. The Morgan fingerprint density at radius 2 is 2.00 bits per heavy atom. The number of hydrogen-bond acceptors (Lipinski definition) is 4. The molecule has 1 atom stereocenters. The third-order valence-corrected chi connectivity index (χ3v) is 3.46. The fraction of sp³-hybridized carbons (Fsp3) is 0.667. The molecule has 0 saturated carbocycles. The molecule has 1 aromatic rings. The van der Waals surface area contributed by atoms with Crippen molar-refractivity contribution in [2.24, 2.45) is 5.84 Å². The smallest absolute Gasteiger partial charge is 0.141 e. The van der Waals surface area contributed by atoms with Gasteiger partial charge in [0.1, 0.15) is 5.75 Å². The van der Waals surface area contributed by atoms with Crippen LogP contribution in [0, 0.1) is 0 Å². The molecule has 0 saturated heterocycles. The van der Waals surface area contributed by atoms with Crippen molar-refractivity contribution < 1.29 is 4.74 Å². The van der Waals surface area contributed by atoms with Crippen molar-refractivity contribution in [2.75, 3.05) is 7.11 Å². The largest absolute Gasteiger partial charge is 0.495 e. The van der Waals surface area contributed by atoms with E-state index in [0.717, 1.165) is 17.7 Å². The van der Waals surface area contributed by atoms with Crippen LogP contribution in [-0.2, 0) is 0 Å². The number of nitrogens with zero attached hydrogens (tertiary/aromatic N) is 1. The van der Waals surface area contributed by atoms with Gasteiger partial charge in [-0.1, -0.05) is 45.4 Å². The van der Waals surface area contributed by atoms with E-state index in [1.807, 2.05) is 6.07 Å². The minimum atomic E-state index is 0.143. The Morgan fingerprint density at radius 3 is 2.68 bits per heavy atom. The summed E-state index contributed by atoms with van der Waals surface area (Å²) in [5.41, 5.74) is 3.98. The first-order valence-corrected chi connectivity index (χ1v) is 7.27. The predicted octanol–water partition coefficient (Wildman–Crippen LogP) is 3.35. The zero-order valence-electron chi connectivity index (χ0n) is 12.2. The van der Waals surface area contributed by atoms with Gasteiger partial charge in [-0.05, 0) is 12.5 Å². The number of methoxy groups -OCH3 is 1. The average molecular weight is 265 g/mol. The lowest BCUT2D eigenvalue weighted by Crippen LogP contribution is -2.28. The number of hydrogen-bond donors (Lipinski definition) is 2. The summed E-state index contributed by atoms with van der Waals surface area (Å²) >= 11 is 0. The van der Waals surface area contributed by atoms with Crippen LogP contribution in [0.4, 0.5) is 0 Å². The number of nitrogens with two attached hydrogens (primary N) is 1. The van der Waals surface area contributed by atoms with Crippen LogP contribution in [0.1, 0.15) is 63.5 Å². The van der Waals surface area contributed by atoms with Gasteiger partial charge in [0.05, 0.1) is 13.3 Å². The maximum absolute atomic E-state index is 5.66. The Kier molecular flexibility index (Phi) is 8.18. The van der Waals surface area contributed by atoms with E-state index < -0.39 is 0 Å². The monoisotopic (exact) mass is 265 g/mol. The number of aromatic nitrogens is 1. The summed E-state index contributed by atoms with van der Waals surface area (Å²) in [4.78, 5) is 4.07. The summed E-state index contributed by atoms with van der Waals surface area (Å²) in [5.74, 6) is 6.47. The SMILES string of the molecule is CCCCCCCCC(NN)c1ccncc1OC. The molecule has 1 unspecified atom stereocenters. The van der Waals surface area contributed by atoms with Crippen molar-refractivity contribution in [1.82, 2.24) is 10.4 Å². The lowest BCUT2D eigenvalue weighted by molar-refractivity contribution is 0.390. The van der Waals surface area contributed by atoms with Crippen molar-refractivity contribution in [2.45, 2.75) is 57.9 Å². The average Bonchev–Trinajstić information content (AvgIpc) is 2.47. The normalized spacial score (nSPS) is 12.4. The topological polar surface area (TPSA) is 60.2 Å². The number of rotatable bonds is 10. The molecule has 1 heterocycles. The highest BCUT2D eigenvalue weighted by Gasteiger charge is 2.14. The molecule has 1 rings (SSSR count). The van der Waals surface area contributed by atoms with Crippen molar-refractivity contribution in [1.29, 1.82) is 0 Å². The summed E-state index contributed by atoms with van der Waals surface area (Å²) in [5, 5.41) is 0. The second-order valence-electron chi connectivity index (χ2n) is 4.89. The van der Waals surface area contributed by atoms with E-state index in [9.17, 15) is 0 Å². The van der Waals surface area contributed by atoms with Gasteiger partial charge in [0.15, 0.2) is 0 Å². The summed E-state index contributed by atoms with van der Waals surface area (Å²) in [7, 11) is 1.67. The molecule has 0 bridgehead atoms. The molecule has 3 N–H and O–H groups in total. The van der Waals surface area contributed by atoms with Crippen LogP contribution in [0.15, 0.2) is 18.5 Å². The summed E-state index contributed by atoms with van der Waals surface area (Å²) in [6.07, 6.45) is 12.3. The highest BCUT2D eigenvalue weighted by atomic mass is 16.5. The highest BCUT2D eigenvalue weighted by molar-refractivity contribution is 5.32. The summed E-state index contributed by atoms with van der Waals surface area (Å²) in [6, 6.07) is 2.12. The van der Waals surface area contributed by atoms with Crippen LogP contribution in [0.25, 0.3) is 0 Å². The van der Waals surface area contributed by atoms with Gasteiger partial charge in [0, 0.05) is 17.8 Å². The van der Waals surface area contributed by atoms with E-state index in [-0.39, 0.29) is 6.04 Å². The summed E-state index contributed by atoms with van der Waals surface area (Å²) in [6.45, 7) is 2.24. The van der Waals surface area contributed by atoms with Crippen molar-refractivity contribution in [3.8, 4) is 5.75 Å². The van der Waals surface area contributed by atoms with E-state index in [2.05, 4.69) is 17.3 Å². The minimum absolute atomic E-state index is 0.143. The Bertz CT molecular complexity index is 344. The van der Waals surface area contributed by atoms with Crippen molar-refractivity contribution in [3.05, 3.63) is 24.0 Å². The van der Waals surface area contributed by atoms with Crippen LogP contribution in [0.3, 0.4) is 0 Å². The third kappa shape index (κ3) is 5.57. The molecular weight excluding hydrogens is 238 g/mol. The van der Waals surface area contributed by atoms with Crippen molar-refractivity contribution >= 4 is 0 Å². The van der Waals surface area contributed by atoms with Crippen LogP contribution >= 0.6 is 0 Å². The minimum Gasteiger partial charge on any atom is -0.495 e. The van der Waals surface area contributed by atoms with Crippen LogP contribution < -0.4 is 16.0 Å². The number of unbranched alkanes of at least 4 members (excludes halogenated alkanes) is 5. The van der Waals surface area contributed by atoms with E-state index >= 15 is 0 Å². The van der Waals surface area contributed by atoms with E-state index in [1.165, 1.54) is 38.5 Å². The molecule has 0 spiro atoms. The number of nitrogens with one attached hydrogen (secondary N) is 1. The Balaban J connectivity index is 2.40. The molecule has 4 nitrogen and oxygen atoms in total. The van der Waals surface area contributed by atoms with Gasteiger partial charge in [-0.3, -0.25) is 16.3 Å². The van der Waals surface area contributed by atoms with Gasteiger partial charge in [-0.15, -0.1) is 0 Å². The van der Waals surface area contributed by atoms with Crippen LogP contribution in [0.2, 0.25) is 0 Å². The standard InChI is InChI=1S/C15H27N3O/c1-3-4-5-6-7-8-9-14(18-16)13-10-11-17-12-15(13)19-2/h10-12,14,18H,3-9,16H2,1-2H3. The fourth-order valence-electron chi connectivity index (χ4n) is 2.31. The van der Waals surface area contributed by atoms with Gasteiger partial charge in [0.25, 0.3) is 0 Å². The maximum atomic E-state index is 5.66. The first-order valence-electron chi connectivity index (χ1n) is 7.27. The third-order valence-electron chi connectivity index (χ3n) is 3.46. The van der Waals surface area contributed by atoms with Gasteiger partial charge in [-0.2, -0.15) is 0 Å². The Hall–Kier alpha value is -1.13. The molecule has 19 heavy (non-hydrogen) atoms. The molecule has 0 aliphatic heterocycles. The second kappa shape index (κ2) is 9.75. The van der Waals surface area contributed by atoms with E-state index in [1.54, 1.807) is 19.5 Å². The lowest BCUT2D eigenvalue weighted by atomic mass is 10.0. The first-order chi connectivity index (χ1) is 9.33. The first kappa shape index (κ1) is 15.9. The fourth-order valence-corrected chi connectivity index (χ4v) is 2.31. The van der Waals surface area contributed by atoms with Crippen LogP contribution in [-0.4, -0.2) is 12.1 Å². The quantitative estimate of drug-likeness (QED) is 0.387. The molecule has 0 aliphatic rings. The van der Waals surface area contributed by atoms with Gasteiger partial charge in [0.2, 0.25) is 0 Å². The van der Waals surface area contributed by atoms with Crippen molar-refractivity contribution in [3.63, 3.8) is 0 Å². The Morgan fingerprint density at radius 1 is 1.26 bits per heavy atom.